The van der Waals surface area contributed by atoms with Crippen LogP contribution in [0.1, 0.15) is 40.2 Å². The maximum atomic E-state index is 12.2. The average molecular weight is 343 g/mol. The molecule has 0 spiro atoms. The van der Waals surface area contributed by atoms with Crippen LogP contribution in [0.4, 0.5) is 0 Å². The van der Waals surface area contributed by atoms with Gasteiger partial charge in [0.05, 0.1) is 12.3 Å². The summed E-state index contributed by atoms with van der Waals surface area (Å²) in [6.07, 6.45) is 0.773. The molecule has 0 saturated heterocycles. The smallest absolute Gasteiger partial charge is 0.307 e. The standard InChI is InChI=1S/C19H25N3O3/c1-13-4-6-15(7-5-13)10-22-9-8-17-16(11-22)21-19(25-17)18(23)20-14(2)12-24-3/h4-7,14H,8-12H2,1-3H3,(H,20,23). The molecular formula is C19H25N3O3. The Hall–Kier alpha value is -2.18. The summed E-state index contributed by atoms with van der Waals surface area (Å²) in [6.45, 7) is 6.90. The predicted octanol–water partition coefficient (Wildman–Crippen LogP) is 2.31. The van der Waals surface area contributed by atoms with Crippen LogP contribution in [0, 0.1) is 6.92 Å². The van der Waals surface area contributed by atoms with E-state index in [9.17, 15) is 4.79 Å². The highest BCUT2D eigenvalue weighted by atomic mass is 16.5. The molecule has 1 N–H and O–H groups in total. The second-order valence-corrected chi connectivity index (χ2v) is 6.66. The molecule has 1 aliphatic heterocycles. The van der Waals surface area contributed by atoms with Crippen molar-refractivity contribution in [2.75, 3.05) is 20.3 Å². The van der Waals surface area contributed by atoms with Crippen LogP contribution in [0.25, 0.3) is 0 Å². The highest BCUT2D eigenvalue weighted by Gasteiger charge is 2.25. The van der Waals surface area contributed by atoms with Crippen LogP contribution in [-0.4, -0.2) is 42.1 Å². The van der Waals surface area contributed by atoms with Crippen LogP contribution in [0.15, 0.2) is 28.7 Å². The van der Waals surface area contributed by atoms with Crippen molar-refractivity contribution < 1.29 is 13.9 Å². The molecule has 6 nitrogen and oxygen atoms in total. The van der Waals surface area contributed by atoms with Crippen molar-refractivity contribution in [3.8, 4) is 0 Å². The Balaban J connectivity index is 1.62. The summed E-state index contributed by atoms with van der Waals surface area (Å²) in [4.78, 5) is 18.9. The number of oxazole rings is 1. The summed E-state index contributed by atoms with van der Waals surface area (Å²) in [6, 6.07) is 8.49. The van der Waals surface area contributed by atoms with Gasteiger partial charge in [-0.1, -0.05) is 29.8 Å². The van der Waals surface area contributed by atoms with Crippen LogP contribution in [0.2, 0.25) is 0 Å². The van der Waals surface area contributed by atoms with E-state index < -0.39 is 0 Å². The number of nitrogens with zero attached hydrogens (tertiary/aromatic N) is 2. The van der Waals surface area contributed by atoms with Gasteiger partial charge >= 0.3 is 5.91 Å². The van der Waals surface area contributed by atoms with Gasteiger partial charge in [0, 0.05) is 39.2 Å². The summed E-state index contributed by atoms with van der Waals surface area (Å²) in [5, 5.41) is 2.83. The fraction of sp³-hybridized carbons (Fsp3) is 0.474. The first kappa shape index (κ1) is 17.6. The molecular weight excluding hydrogens is 318 g/mol. The molecule has 0 fully saturated rings. The van der Waals surface area contributed by atoms with Gasteiger partial charge < -0.3 is 14.5 Å². The number of aromatic nitrogens is 1. The van der Waals surface area contributed by atoms with Gasteiger partial charge in [-0.05, 0) is 19.4 Å². The van der Waals surface area contributed by atoms with E-state index in [0.29, 0.717) is 13.2 Å². The van der Waals surface area contributed by atoms with E-state index in [1.807, 2.05) is 6.92 Å². The maximum absolute atomic E-state index is 12.2. The number of rotatable bonds is 6. The molecule has 6 heteroatoms. The minimum atomic E-state index is -0.288. The Bertz CT molecular complexity index is 724. The second kappa shape index (κ2) is 7.80. The molecule has 0 saturated carbocycles. The Morgan fingerprint density at radius 3 is 2.88 bits per heavy atom. The minimum Gasteiger partial charge on any atom is -0.437 e. The Morgan fingerprint density at radius 2 is 2.16 bits per heavy atom. The van der Waals surface area contributed by atoms with E-state index in [4.69, 9.17) is 9.15 Å². The van der Waals surface area contributed by atoms with Crippen LogP contribution >= 0.6 is 0 Å². The molecule has 0 bridgehead atoms. The highest BCUT2D eigenvalue weighted by Crippen LogP contribution is 2.21. The fourth-order valence-electron chi connectivity index (χ4n) is 3.01. The normalized spacial score (nSPS) is 15.6. The summed E-state index contributed by atoms with van der Waals surface area (Å²) in [5.74, 6) is 0.680. The SMILES string of the molecule is COCC(C)NC(=O)c1nc2c(o1)CCN(Cc1ccc(C)cc1)C2. The summed E-state index contributed by atoms with van der Waals surface area (Å²) >= 11 is 0. The fourth-order valence-corrected chi connectivity index (χ4v) is 3.01. The first-order valence-corrected chi connectivity index (χ1v) is 8.61. The number of aryl methyl sites for hydroxylation is 1. The Labute approximate surface area is 148 Å². The quantitative estimate of drug-likeness (QED) is 0.872. The second-order valence-electron chi connectivity index (χ2n) is 6.66. The zero-order valence-electron chi connectivity index (χ0n) is 15.0. The Kier molecular flexibility index (Phi) is 5.50. The molecule has 0 radical (unpaired) electrons. The van der Waals surface area contributed by atoms with Crippen molar-refractivity contribution in [1.29, 1.82) is 0 Å². The van der Waals surface area contributed by atoms with Gasteiger partial charge in [-0.2, -0.15) is 0 Å². The molecule has 1 amide bonds. The van der Waals surface area contributed by atoms with E-state index in [1.165, 1.54) is 11.1 Å². The number of amides is 1. The summed E-state index contributed by atoms with van der Waals surface area (Å²) in [7, 11) is 1.61. The van der Waals surface area contributed by atoms with E-state index in [-0.39, 0.29) is 17.8 Å². The molecule has 2 aromatic rings. The Morgan fingerprint density at radius 1 is 1.40 bits per heavy atom. The first-order chi connectivity index (χ1) is 12.0. The third-order valence-corrected chi connectivity index (χ3v) is 4.32. The number of carbonyl (C=O) groups excluding carboxylic acids is 1. The molecule has 1 aromatic carbocycles. The molecule has 2 heterocycles. The third kappa shape index (κ3) is 4.46. The monoisotopic (exact) mass is 343 g/mol. The summed E-state index contributed by atoms with van der Waals surface area (Å²) < 4.78 is 10.7. The number of hydrogen-bond acceptors (Lipinski definition) is 5. The van der Waals surface area contributed by atoms with Crippen molar-refractivity contribution in [3.63, 3.8) is 0 Å². The lowest BCUT2D eigenvalue weighted by molar-refractivity contribution is 0.0869. The lowest BCUT2D eigenvalue weighted by atomic mass is 10.1. The van der Waals surface area contributed by atoms with E-state index in [0.717, 1.165) is 31.0 Å². The van der Waals surface area contributed by atoms with Crippen LogP contribution in [0.3, 0.4) is 0 Å². The average Bonchev–Trinajstić information content (AvgIpc) is 3.00. The lowest BCUT2D eigenvalue weighted by Crippen LogP contribution is -2.35. The molecule has 25 heavy (non-hydrogen) atoms. The molecule has 134 valence electrons. The number of ether oxygens (including phenoxy) is 1. The number of methoxy groups -OCH3 is 1. The predicted molar refractivity (Wildman–Crippen MR) is 94.3 cm³/mol. The number of fused-ring (bicyclic) bond motifs is 1. The topological polar surface area (TPSA) is 67.6 Å². The number of benzene rings is 1. The maximum Gasteiger partial charge on any atom is 0.307 e. The number of hydrogen-bond donors (Lipinski definition) is 1. The number of carbonyl (C=O) groups is 1. The van der Waals surface area contributed by atoms with Gasteiger partial charge in [0.2, 0.25) is 0 Å². The zero-order chi connectivity index (χ0) is 17.8. The van der Waals surface area contributed by atoms with Gasteiger partial charge in [0.25, 0.3) is 5.89 Å². The summed E-state index contributed by atoms with van der Waals surface area (Å²) in [5.41, 5.74) is 3.41. The van der Waals surface area contributed by atoms with Crippen molar-refractivity contribution in [2.24, 2.45) is 0 Å². The van der Waals surface area contributed by atoms with Crippen molar-refractivity contribution in [2.45, 2.75) is 39.4 Å². The van der Waals surface area contributed by atoms with Crippen LogP contribution in [-0.2, 0) is 24.2 Å². The van der Waals surface area contributed by atoms with E-state index in [2.05, 4.69) is 46.4 Å². The minimum absolute atomic E-state index is 0.0838. The molecule has 1 atom stereocenters. The molecule has 1 aliphatic rings. The van der Waals surface area contributed by atoms with Crippen molar-refractivity contribution in [3.05, 3.63) is 52.7 Å². The van der Waals surface area contributed by atoms with Crippen LogP contribution in [0.5, 0.6) is 0 Å². The van der Waals surface area contributed by atoms with Gasteiger partial charge in [-0.3, -0.25) is 9.69 Å². The van der Waals surface area contributed by atoms with Gasteiger partial charge in [0.1, 0.15) is 5.76 Å². The van der Waals surface area contributed by atoms with Crippen molar-refractivity contribution >= 4 is 5.91 Å². The largest absolute Gasteiger partial charge is 0.437 e. The van der Waals surface area contributed by atoms with Gasteiger partial charge in [0.15, 0.2) is 0 Å². The van der Waals surface area contributed by atoms with E-state index >= 15 is 0 Å². The zero-order valence-corrected chi connectivity index (χ0v) is 15.0. The van der Waals surface area contributed by atoms with Gasteiger partial charge in [-0.15, -0.1) is 0 Å². The van der Waals surface area contributed by atoms with E-state index in [1.54, 1.807) is 7.11 Å². The van der Waals surface area contributed by atoms with Crippen molar-refractivity contribution in [1.82, 2.24) is 15.2 Å². The number of nitrogens with one attached hydrogen (secondary N) is 1. The molecule has 0 aliphatic carbocycles. The van der Waals surface area contributed by atoms with Crippen LogP contribution < -0.4 is 5.32 Å². The third-order valence-electron chi connectivity index (χ3n) is 4.32. The lowest BCUT2D eigenvalue weighted by Gasteiger charge is -2.25. The highest BCUT2D eigenvalue weighted by molar-refractivity contribution is 5.89. The van der Waals surface area contributed by atoms with Gasteiger partial charge in [-0.25, -0.2) is 4.98 Å². The molecule has 1 unspecified atom stereocenters. The molecule has 3 rings (SSSR count). The molecule has 1 aromatic heterocycles. The first-order valence-electron chi connectivity index (χ1n) is 8.61.